The summed E-state index contributed by atoms with van der Waals surface area (Å²) in [6.45, 7) is 2.07. The molecular weight excluding hydrogens is 402 g/mol. The standard InChI is InChI=1S/C20H22F2N2O4S/c1-13-5-8-18(28-2)19(10-13)29(26,27)24-9-3-4-14(12-24)20(25)23-15-6-7-16(21)17(22)11-15/h5-8,10-11,14H,3-4,9,12H2,1-2H3,(H,23,25)/t14-/m0/s1. The molecule has 1 atom stereocenters. The molecule has 0 saturated carbocycles. The summed E-state index contributed by atoms with van der Waals surface area (Å²) in [6, 6.07) is 7.96. The highest BCUT2D eigenvalue weighted by atomic mass is 32.2. The minimum absolute atomic E-state index is 0.00502. The zero-order chi connectivity index (χ0) is 21.2. The van der Waals surface area contributed by atoms with Crippen LogP contribution in [0.3, 0.4) is 0 Å². The van der Waals surface area contributed by atoms with Crippen LogP contribution in [0.5, 0.6) is 5.75 Å². The Labute approximate surface area is 168 Å². The van der Waals surface area contributed by atoms with Gasteiger partial charge in [-0.2, -0.15) is 4.31 Å². The lowest BCUT2D eigenvalue weighted by atomic mass is 9.98. The van der Waals surface area contributed by atoms with Gasteiger partial charge >= 0.3 is 0 Å². The Morgan fingerprint density at radius 1 is 1.17 bits per heavy atom. The molecule has 1 aliphatic rings. The Hall–Kier alpha value is -2.52. The zero-order valence-corrected chi connectivity index (χ0v) is 16.9. The van der Waals surface area contributed by atoms with Crippen LogP contribution in [0, 0.1) is 24.5 Å². The number of rotatable bonds is 5. The fraction of sp³-hybridized carbons (Fsp3) is 0.350. The summed E-state index contributed by atoms with van der Waals surface area (Å²) in [5.74, 6) is -2.88. The van der Waals surface area contributed by atoms with E-state index < -0.39 is 33.5 Å². The topological polar surface area (TPSA) is 75.7 Å². The van der Waals surface area contributed by atoms with Crippen LogP contribution in [0.15, 0.2) is 41.3 Å². The Balaban J connectivity index is 1.78. The van der Waals surface area contributed by atoms with E-state index in [-0.39, 0.29) is 29.4 Å². The molecule has 6 nitrogen and oxygen atoms in total. The molecule has 0 radical (unpaired) electrons. The van der Waals surface area contributed by atoms with Gasteiger partial charge in [-0.05, 0) is 49.6 Å². The molecule has 1 amide bonds. The zero-order valence-electron chi connectivity index (χ0n) is 16.1. The van der Waals surface area contributed by atoms with Crippen molar-refractivity contribution in [3.8, 4) is 5.75 Å². The number of amides is 1. The second kappa shape index (κ2) is 8.46. The molecule has 1 aliphatic heterocycles. The number of methoxy groups -OCH3 is 1. The average Bonchev–Trinajstić information content (AvgIpc) is 2.70. The van der Waals surface area contributed by atoms with Gasteiger partial charge in [-0.25, -0.2) is 17.2 Å². The number of nitrogens with one attached hydrogen (secondary N) is 1. The number of anilines is 1. The van der Waals surface area contributed by atoms with E-state index >= 15 is 0 Å². The molecule has 156 valence electrons. The molecular formula is C20H22F2N2O4S. The van der Waals surface area contributed by atoms with Crippen LogP contribution in [0.2, 0.25) is 0 Å². The fourth-order valence-electron chi connectivity index (χ4n) is 3.32. The van der Waals surface area contributed by atoms with Crippen molar-refractivity contribution in [1.82, 2.24) is 4.31 Å². The number of aryl methyl sites for hydroxylation is 1. The third-order valence-corrected chi connectivity index (χ3v) is 6.77. The lowest BCUT2D eigenvalue weighted by Crippen LogP contribution is -2.43. The molecule has 2 aromatic rings. The van der Waals surface area contributed by atoms with E-state index in [2.05, 4.69) is 5.32 Å². The van der Waals surface area contributed by atoms with Gasteiger partial charge in [-0.15, -0.1) is 0 Å². The smallest absolute Gasteiger partial charge is 0.246 e. The van der Waals surface area contributed by atoms with Gasteiger partial charge in [0.05, 0.1) is 13.0 Å². The van der Waals surface area contributed by atoms with E-state index in [4.69, 9.17) is 4.74 Å². The van der Waals surface area contributed by atoms with E-state index in [0.29, 0.717) is 12.8 Å². The number of carbonyl (C=O) groups excluding carboxylic acids is 1. The Morgan fingerprint density at radius 3 is 2.62 bits per heavy atom. The van der Waals surface area contributed by atoms with Crippen molar-refractivity contribution in [2.45, 2.75) is 24.7 Å². The molecule has 1 fully saturated rings. The molecule has 0 unspecified atom stereocenters. The fourth-order valence-corrected chi connectivity index (χ4v) is 5.08. The van der Waals surface area contributed by atoms with E-state index in [1.54, 1.807) is 25.1 Å². The monoisotopic (exact) mass is 424 g/mol. The first-order chi connectivity index (χ1) is 13.7. The molecule has 0 spiro atoms. The third-order valence-electron chi connectivity index (χ3n) is 4.88. The SMILES string of the molecule is COc1ccc(C)cc1S(=O)(=O)N1CCC[C@H](C(=O)Nc2ccc(F)c(F)c2)C1. The number of sulfonamides is 1. The van der Waals surface area contributed by atoms with Crippen LogP contribution in [0.1, 0.15) is 18.4 Å². The first-order valence-corrected chi connectivity index (χ1v) is 10.6. The second-order valence-electron chi connectivity index (χ2n) is 6.97. The minimum Gasteiger partial charge on any atom is -0.495 e. The number of benzene rings is 2. The predicted molar refractivity (Wildman–Crippen MR) is 104 cm³/mol. The highest BCUT2D eigenvalue weighted by Gasteiger charge is 2.35. The molecule has 1 heterocycles. The van der Waals surface area contributed by atoms with Crippen molar-refractivity contribution >= 4 is 21.6 Å². The molecule has 1 N–H and O–H groups in total. The number of halogens is 2. The molecule has 29 heavy (non-hydrogen) atoms. The van der Waals surface area contributed by atoms with E-state index in [1.165, 1.54) is 17.5 Å². The van der Waals surface area contributed by atoms with Gasteiger partial charge in [0.15, 0.2) is 11.6 Å². The van der Waals surface area contributed by atoms with Crippen molar-refractivity contribution < 1.29 is 26.7 Å². The first kappa shape index (κ1) is 21.2. The number of hydrogen-bond donors (Lipinski definition) is 1. The van der Waals surface area contributed by atoms with E-state index in [1.807, 2.05) is 0 Å². The van der Waals surface area contributed by atoms with Gasteiger partial charge in [0.2, 0.25) is 15.9 Å². The van der Waals surface area contributed by atoms with Gasteiger partial charge in [0, 0.05) is 24.8 Å². The summed E-state index contributed by atoms with van der Waals surface area (Å²) in [5, 5.41) is 2.53. The van der Waals surface area contributed by atoms with Crippen LogP contribution in [0.4, 0.5) is 14.5 Å². The molecule has 1 saturated heterocycles. The number of carbonyl (C=O) groups is 1. The van der Waals surface area contributed by atoms with Crippen LogP contribution < -0.4 is 10.1 Å². The van der Waals surface area contributed by atoms with Gasteiger partial charge < -0.3 is 10.1 Å². The van der Waals surface area contributed by atoms with Crippen molar-refractivity contribution in [3.05, 3.63) is 53.6 Å². The van der Waals surface area contributed by atoms with Crippen LogP contribution in [0.25, 0.3) is 0 Å². The predicted octanol–water partition coefficient (Wildman–Crippen LogP) is 3.32. The molecule has 0 bridgehead atoms. The summed E-state index contributed by atoms with van der Waals surface area (Å²) in [4.78, 5) is 12.6. The highest BCUT2D eigenvalue weighted by molar-refractivity contribution is 7.89. The Kier molecular flexibility index (Phi) is 6.18. The van der Waals surface area contributed by atoms with Crippen LogP contribution in [-0.2, 0) is 14.8 Å². The summed E-state index contributed by atoms with van der Waals surface area (Å²) < 4.78 is 59.2. The van der Waals surface area contributed by atoms with Crippen LogP contribution in [-0.4, -0.2) is 38.8 Å². The second-order valence-corrected chi connectivity index (χ2v) is 8.88. The van der Waals surface area contributed by atoms with Gasteiger partial charge in [-0.3, -0.25) is 4.79 Å². The number of piperidine rings is 1. The average molecular weight is 424 g/mol. The Morgan fingerprint density at radius 2 is 1.93 bits per heavy atom. The quantitative estimate of drug-likeness (QED) is 0.799. The molecule has 0 aromatic heterocycles. The van der Waals surface area contributed by atoms with Crippen molar-refractivity contribution in [3.63, 3.8) is 0 Å². The van der Waals surface area contributed by atoms with Crippen LogP contribution >= 0.6 is 0 Å². The molecule has 2 aromatic carbocycles. The lowest BCUT2D eigenvalue weighted by Gasteiger charge is -2.31. The van der Waals surface area contributed by atoms with Crippen molar-refractivity contribution in [2.24, 2.45) is 5.92 Å². The highest BCUT2D eigenvalue weighted by Crippen LogP contribution is 2.31. The maximum absolute atomic E-state index is 13.4. The summed E-state index contributed by atoms with van der Waals surface area (Å²) >= 11 is 0. The summed E-state index contributed by atoms with van der Waals surface area (Å²) in [6.07, 6.45) is 0.996. The van der Waals surface area contributed by atoms with Gasteiger partial charge in [0.1, 0.15) is 10.6 Å². The van der Waals surface area contributed by atoms with Gasteiger partial charge in [0.25, 0.3) is 0 Å². The third kappa shape index (κ3) is 4.56. The largest absolute Gasteiger partial charge is 0.495 e. The molecule has 0 aliphatic carbocycles. The Bertz CT molecular complexity index is 1030. The first-order valence-electron chi connectivity index (χ1n) is 9.13. The van der Waals surface area contributed by atoms with E-state index in [0.717, 1.165) is 17.7 Å². The minimum atomic E-state index is -3.86. The van der Waals surface area contributed by atoms with E-state index in [9.17, 15) is 22.0 Å². The number of ether oxygens (including phenoxy) is 1. The lowest BCUT2D eigenvalue weighted by molar-refractivity contribution is -0.120. The van der Waals surface area contributed by atoms with Crippen molar-refractivity contribution in [1.29, 1.82) is 0 Å². The molecule has 3 rings (SSSR count). The number of hydrogen-bond acceptors (Lipinski definition) is 4. The van der Waals surface area contributed by atoms with Gasteiger partial charge in [-0.1, -0.05) is 6.07 Å². The maximum atomic E-state index is 13.4. The number of nitrogens with zero attached hydrogens (tertiary/aromatic N) is 1. The normalized spacial score (nSPS) is 17.7. The summed E-state index contributed by atoms with van der Waals surface area (Å²) in [7, 11) is -2.46. The maximum Gasteiger partial charge on any atom is 0.246 e. The van der Waals surface area contributed by atoms with Crippen molar-refractivity contribution in [2.75, 3.05) is 25.5 Å². The molecule has 9 heteroatoms. The summed E-state index contributed by atoms with van der Waals surface area (Å²) in [5.41, 5.74) is 0.892.